The second-order valence-corrected chi connectivity index (χ2v) is 7.39. The quantitative estimate of drug-likeness (QED) is 0.280. The SMILES string of the molecule is CN=C(NCCOc1cc(C)cc(C)c1)NCc1ncc(C(C)(C)C)o1.I. The lowest BCUT2D eigenvalue weighted by atomic mass is 9.94. The largest absolute Gasteiger partial charge is 0.492 e. The molecule has 7 heteroatoms. The predicted octanol–water partition coefficient (Wildman–Crippen LogP) is 3.95. The minimum Gasteiger partial charge on any atom is -0.492 e. The van der Waals surface area contributed by atoms with E-state index in [4.69, 9.17) is 9.15 Å². The summed E-state index contributed by atoms with van der Waals surface area (Å²) in [7, 11) is 1.73. The monoisotopic (exact) mass is 486 g/mol. The van der Waals surface area contributed by atoms with E-state index in [1.807, 2.05) is 12.1 Å². The average Bonchev–Trinajstić information content (AvgIpc) is 3.02. The van der Waals surface area contributed by atoms with Crippen molar-refractivity contribution in [3.63, 3.8) is 0 Å². The van der Waals surface area contributed by atoms with Gasteiger partial charge in [-0.3, -0.25) is 4.99 Å². The van der Waals surface area contributed by atoms with E-state index in [2.05, 4.69) is 61.3 Å². The molecular weight excluding hydrogens is 455 g/mol. The molecule has 2 rings (SSSR count). The third-order valence-electron chi connectivity index (χ3n) is 3.78. The number of aliphatic imine (C=N–C) groups is 1. The van der Waals surface area contributed by atoms with Crippen LogP contribution < -0.4 is 15.4 Å². The fourth-order valence-electron chi connectivity index (χ4n) is 2.47. The van der Waals surface area contributed by atoms with Crippen LogP contribution in [0.3, 0.4) is 0 Å². The van der Waals surface area contributed by atoms with Gasteiger partial charge in [-0.2, -0.15) is 0 Å². The van der Waals surface area contributed by atoms with Crippen molar-refractivity contribution in [1.29, 1.82) is 0 Å². The Labute approximate surface area is 179 Å². The zero-order valence-electron chi connectivity index (χ0n) is 17.0. The molecule has 1 heterocycles. The molecule has 0 saturated carbocycles. The molecule has 0 fully saturated rings. The lowest BCUT2D eigenvalue weighted by Crippen LogP contribution is -2.38. The number of oxazole rings is 1. The van der Waals surface area contributed by atoms with E-state index < -0.39 is 0 Å². The van der Waals surface area contributed by atoms with Crippen LogP contribution in [-0.2, 0) is 12.0 Å². The predicted molar refractivity (Wildman–Crippen MR) is 120 cm³/mol. The van der Waals surface area contributed by atoms with Gasteiger partial charge in [0, 0.05) is 12.5 Å². The van der Waals surface area contributed by atoms with Crippen molar-refractivity contribution < 1.29 is 9.15 Å². The van der Waals surface area contributed by atoms with Crippen LogP contribution in [-0.4, -0.2) is 31.1 Å². The Bertz CT molecular complexity index is 730. The number of aromatic nitrogens is 1. The van der Waals surface area contributed by atoms with E-state index in [0.717, 1.165) is 11.5 Å². The van der Waals surface area contributed by atoms with Crippen molar-refractivity contribution in [2.75, 3.05) is 20.2 Å². The molecule has 0 atom stereocenters. The molecule has 0 saturated heterocycles. The fourth-order valence-corrected chi connectivity index (χ4v) is 2.47. The molecule has 0 bridgehead atoms. The zero-order valence-corrected chi connectivity index (χ0v) is 19.4. The van der Waals surface area contributed by atoms with Gasteiger partial charge in [-0.15, -0.1) is 24.0 Å². The van der Waals surface area contributed by atoms with Gasteiger partial charge >= 0.3 is 0 Å². The second-order valence-electron chi connectivity index (χ2n) is 7.39. The standard InChI is InChI=1S/C20H30N4O2.HI/c1-14-9-15(2)11-16(10-14)25-8-7-22-19(21-6)24-13-18-23-12-17(26-18)20(3,4)5;/h9-12H,7-8,13H2,1-6H3,(H2,21,22,24);1H. The van der Waals surface area contributed by atoms with E-state index in [9.17, 15) is 0 Å². The molecule has 2 aromatic rings. The van der Waals surface area contributed by atoms with Crippen LogP contribution in [0.4, 0.5) is 0 Å². The smallest absolute Gasteiger partial charge is 0.213 e. The summed E-state index contributed by atoms with van der Waals surface area (Å²) in [6.45, 7) is 12.1. The van der Waals surface area contributed by atoms with Gasteiger partial charge in [0.25, 0.3) is 0 Å². The third kappa shape index (κ3) is 7.78. The number of benzene rings is 1. The summed E-state index contributed by atoms with van der Waals surface area (Å²) in [4.78, 5) is 8.51. The molecule has 150 valence electrons. The first-order chi connectivity index (χ1) is 12.3. The van der Waals surface area contributed by atoms with Gasteiger partial charge in [0.1, 0.15) is 18.1 Å². The van der Waals surface area contributed by atoms with Crippen LogP contribution in [0.1, 0.15) is 43.5 Å². The number of halogens is 1. The third-order valence-corrected chi connectivity index (χ3v) is 3.78. The highest BCUT2D eigenvalue weighted by atomic mass is 127. The maximum atomic E-state index is 5.79. The number of aryl methyl sites for hydroxylation is 2. The van der Waals surface area contributed by atoms with Crippen molar-refractivity contribution in [1.82, 2.24) is 15.6 Å². The minimum absolute atomic E-state index is 0. The number of nitrogens with zero attached hydrogens (tertiary/aromatic N) is 2. The molecule has 1 aromatic carbocycles. The topological polar surface area (TPSA) is 71.7 Å². The van der Waals surface area contributed by atoms with Crippen LogP contribution in [0, 0.1) is 13.8 Å². The molecule has 0 amide bonds. The van der Waals surface area contributed by atoms with E-state index in [0.29, 0.717) is 31.5 Å². The molecule has 6 nitrogen and oxygen atoms in total. The summed E-state index contributed by atoms with van der Waals surface area (Å²) in [5, 5.41) is 6.42. The maximum Gasteiger partial charge on any atom is 0.213 e. The summed E-state index contributed by atoms with van der Waals surface area (Å²) in [5.74, 6) is 3.09. The molecule has 0 aliphatic rings. The Morgan fingerprint density at radius 3 is 2.37 bits per heavy atom. The first kappa shape index (κ1) is 23.3. The highest BCUT2D eigenvalue weighted by Crippen LogP contribution is 2.22. The molecule has 27 heavy (non-hydrogen) atoms. The van der Waals surface area contributed by atoms with Gasteiger partial charge in [0.05, 0.1) is 19.3 Å². The van der Waals surface area contributed by atoms with Crippen molar-refractivity contribution >= 4 is 29.9 Å². The van der Waals surface area contributed by atoms with Gasteiger partial charge in [-0.05, 0) is 37.1 Å². The van der Waals surface area contributed by atoms with Crippen molar-refractivity contribution in [3.05, 3.63) is 47.2 Å². The van der Waals surface area contributed by atoms with Crippen molar-refractivity contribution in [2.45, 2.75) is 46.6 Å². The van der Waals surface area contributed by atoms with Gasteiger partial charge in [0.15, 0.2) is 5.96 Å². The number of ether oxygens (including phenoxy) is 1. The molecule has 0 spiro atoms. The summed E-state index contributed by atoms with van der Waals surface area (Å²) in [6, 6.07) is 6.20. The van der Waals surface area contributed by atoms with E-state index >= 15 is 0 Å². The van der Waals surface area contributed by atoms with Crippen LogP contribution >= 0.6 is 24.0 Å². The number of rotatable bonds is 6. The van der Waals surface area contributed by atoms with Crippen molar-refractivity contribution in [3.8, 4) is 5.75 Å². The Balaban J connectivity index is 0.00000364. The van der Waals surface area contributed by atoms with Crippen LogP contribution in [0.15, 0.2) is 33.8 Å². The molecule has 0 unspecified atom stereocenters. The van der Waals surface area contributed by atoms with Crippen LogP contribution in [0.5, 0.6) is 5.75 Å². The Hall–Kier alpha value is -1.77. The highest BCUT2D eigenvalue weighted by Gasteiger charge is 2.19. The van der Waals surface area contributed by atoms with Gasteiger partial charge in [-0.1, -0.05) is 26.8 Å². The average molecular weight is 486 g/mol. The number of hydrogen-bond acceptors (Lipinski definition) is 4. The normalized spacial score (nSPS) is 11.7. The molecular formula is C20H31IN4O2. The highest BCUT2D eigenvalue weighted by molar-refractivity contribution is 14.0. The van der Waals surface area contributed by atoms with E-state index in [1.54, 1.807) is 13.2 Å². The molecule has 0 radical (unpaired) electrons. The lowest BCUT2D eigenvalue weighted by Gasteiger charge is -2.14. The van der Waals surface area contributed by atoms with E-state index in [1.165, 1.54) is 11.1 Å². The zero-order chi connectivity index (χ0) is 19.2. The Morgan fingerprint density at radius 1 is 1.15 bits per heavy atom. The van der Waals surface area contributed by atoms with Crippen LogP contribution in [0.2, 0.25) is 0 Å². The summed E-state index contributed by atoms with van der Waals surface area (Å²) in [5.41, 5.74) is 2.36. The second kappa shape index (κ2) is 10.5. The van der Waals surface area contributed by atoms with Gasteiger partial charge < -0.3 is 19.8 Å². The van der Waals surface area contributed by atoms with E-state index in [-0.39, 0.29) is 29.4 Å². The van der Waals surface area contributed by atoms with Gasteiger partial charge in [-0.25, -0.2) is 4.98 Å². The van der Waals surface area contributed by atoms with Gasteiger partial charge in [0.2, 0.25) is 5.89 Å². The number of guanidine groups is 1. The summed E-state index contributed by atoms with van der Waals surface area (Å²) < 4.78 is 11.6. The van der Waals surface area contributed by atoms with Crippen LogP contribution in [0.25, 0.3) is 0 Å². The first-order valence-corrected chi connectivity index (χ1v) is 8.89. The molecule has 1 aromatic heterocycles. The minimum atomic E-state index is -0.0450. The molecule has 0 aliphatic heterocycles. The summed E-state index contributed by atoms with van der Waals surface area (Å²) >= 11 is 0. The lowest BCUT2D eigenvalue weighted by molar-refractivity contribution is 0.321. The maximum absolute atomic E-state index is 5.79. The van der Waals surface area contributed by atoms with Crippen molar-refractivity contribution in [2.24, 2.45) is 4.99 Å². The number of nitrogens with one attached hydrogen (secondary N) is 2. The first-order valence-electron chi connectivity index (χ1n) is 8.89. The fraction of sp³-hybridized carbons (Fsp3) is 0.500. The molecule has 2 N–H and O–H groups in total. The summed E-state index contributed by atoms with van der Waals surface area (Å²) in [6.07, 6.45) is 1.78. The Kier molecular flexibility index (Phi) is 9.08. The number of hydrogen-bond donors (Lipinski definition) is 2. The molecule has 0 aliphatic carbocycles. The Morgan fingerprint density at radius 2 is 1.81 bits per heavy atom.